The quantitative estimate of drug-likeness (QED) is 0.426. The first-order valence-electron chi connectivity index (χ1n) is 4.92. The van der Waals surface area contributed by atoms with E-state index in [2.05, 4.69) is 15.5 Å². The zero-order valence-electron chi connectivity index (χ0n) is 9.08. The van der Waals surface area contributed by atoms with Crippen LogP contribution >= 0.6 is 0 Å². The summed E-state index contributed by atoms with van der Waals surface area (Å²) in [5, 5.41) is 19.4. The van der Waals surface area contributed by atoms with E-state index in [9.17, 15) is 14.9 Å². The van der Waals surface area contributed by atoms with E-state index in [4.69, 9.17) is 5.73 Å². The Kier molecular flexibility index (Phi) is 2.92. The summed E-state index contributed by atoms with van der Waals surface area (Å²) >= 11 is 0. The van der Waals surface area contributed by atoms with Gasteiger partial charge >= 0.3 is 0 Å². The third kappa shape index (κ3) is 2.12. The first kappa shape index (κ1) is 11.6. The molecule has 8 nitrogen and oxygen atoms in total. The van der Waals surface area contributed by atoms with Crippen molar-refractivity contribution in [1.29, 1.82) is 0 Å². The average molecular weight is 247 g/mol. The molecule has 4 N–H and O–H groups in total. The van der Waals surface area contributed by atoms with Gasteiger partial charge in [0.25, 0.3) is 11.6 Å². The van der Waals surface area contributed by atoms with E-state index in [1.165, 1.54) is 30.6 Å². The van der Waals surface area contributed by atoms with Gasteiger partial charge in [-0.15, -0.1) is 0 Å². The Morgan fingerprint density at radius 1 is 1.50 bits per heavy atom. The summed E-state index contributed by atoms with van der Waals surface area (Å²) in [7, 11) is 0. The fourth-order valence-corrected chi connectivity index (χ4v) is 1.43. The Labute approximate surface area is 101 Å². The highest BCUT2D eigenvalue weighted by Crippen LogP contribution is 2.25. The Hall–Kier alpha value is -2.90. The third-order valence-electron chi connectivity index (χ3n) is 2.28. The van der Waals surface area contributed by atoms with Gasteiger partial charge < -0.3 is 11.1 Å². The van der Waals surface area contributed by atoms with Gasteiger partial charge in [-0.05, 0) is 6.07 Å². The number of para-hydroxylation sites is 1. The van der Waals surface area contributed by atoms with Gasteiger partial charge in [0, 0.05) is 12.3 Å². The molecule has 0 bridgehead atoms. The van der Waals surface area contributed by atoms with Crippen molar-refractivity contribution >= 4 is 23.0 Å². The second-order valence-electron chi connectivity index (χ2n) is 3.44. The Morgan fingerprint density at radius 2 is 2.28 bits per heavy atom. The molecule has 8 heteroatoms. The van der Waals surface area contributed by atoms with Gasteiger partial charge in [-0.2, -0.15) is 5.10 Å². The van der Waals surface area contributed by atoms with Gasteiger partial charge in [0.15, 0.2) is 0 Å². The number of H-pyrrole nitrogens is 1. The largest absolute Gasteiger partial charge is 0.393 e. The van der Waals surface area contributed by atoms with Crippen LogP contribution in [0, 0.1) is 10.1 Å². The SMILES string of the molecule is Nc1c(C(=O)Nc2cn[nH]c2)cccc1[N+](=O)[O-]. The molecule has 0 atom stereocenters. The molecule has 0 aliphatic heterocycles. The topological polar surface area (TPSA) is 127 Å². The highest BCUT2D eigenvalue weighted by atomic mass is 16.6. The maximum Gasteiger partial charge on any atom is 0.292 e. The van der Waals surface area contributed by atoms with Gasteiger partial charge in [0.2, 0.25) is 0 Å². The van der Waals surface area contributed by atoms with E-state index in [0.29, 0.717) is 5.69 Å². The number of carbonyl (C=O) groups is 1. The molecular weight excluding hydrogens is 238 g/mol. The lowest BCUT2D eigenvalue weighted by molar-refractivity contribution is -0.383. The fourth-order valence-electron chi connectivity index (χ4n) is 1.43. The van der Waals surface area contributed by atoms with Crippen LogP contribution in [-0.2, 0) is 0 Å². The van der Waals surface area contributed by atoms with Crippen LogP contribution in [0.25, 0.3) is 0 Å². The molecular formula is C10H9N5O3. The number of nitrogens with zero attached hydrogens (tertiary/aromatic N) is 2. The number of rotatable bonds is 3. The number of amides is 1. The van der Waals surface area contributed by atoms with Crippen molar-refractivity contribution in [3.05, 3.63) is 46.3 Å². The molecule has 2 aromatic rings. The van der Waals surface area contributed by atoms with Crippen molar-refractivity contribution in [1.82, 2.24) is 10.2 Å². The zero-order chi connectivity index (χ0) is 13.1. The van der Waals surface area contributed by atoms with Crippen LogP contribution in [0.2, 0.25) is 0 Å². The highest BCUT2D eigenvalue weighted by molar-refractivity contribution is 6.08. The fraction of sp³-hybridized carbons (Fsp3) is 0. The predicted octanol–water partition coefficient (Wildman–Crippen LogP) is 1.15. The number of hydrogen-bond acceptors (Lipinski definition) is 5. The molecule has 0 aliphatic carbocycles. The summed E-state index contributed by atoms with van der Waals surface area (Å²) in [5.74, 6) is -0.530. The predicted molar refractivity (Wildman–Crippen MR) is 64.0 cm³/mol. The molecule has 1 amide bonds. The minimum atomic E-state index is -0.635. The summed E-state index contributed by atoms with van der Waals surface area (Å²) in [6, 6.07) is 4.06. The number of carbonyl (C=O) groups excluding carboxylic acids is 1. The number of nitro groups is 1. The van der Waals surface area contributed by atoms with Crippen LogP contribution in [0.5, 0.6) is 0 Å². The monoisotopic (exact) mass is 247 g/mol. The summed E-state index contributed by atoms with van der Waals surface area (Å²) in [6.45, 7) is 0. The zero-order valence-corrected chi connectivity index (χ0v) is 9.08. The first-order chi connectivity index (χ1) is 8.59. The minimum Gasteiger partial charge on any atom is -0.393 e. The first-order valence-corrected chi connectivity index (χ1v) is 4.92. The maximum absolute atomic E-state index is 11.9. The summed E-state index contributed by atoms with van der Waals surface area (Å²) in [4.78, 5) is 21.9. The molecule has 1 aromatic heterocycles. The average Bonchev–Trinajstić information content (AvgIpc) is 2.81. The van der Waals surface area contributed by atoms with E-state index in [-0.39, 0.29) is 16.9 Å². The molecule has 2 rings (SSSR count). The van der Waals surface area contributed by atoms with E-state index >= 15 is 0 Å². The number of nitro benzene ring substituents is 1. The normalized spacial score (nSPS) is 10.0. The lowest BCUT2D eigenvalue weighted by Gasteiger charge is -2.05. The van der Waals surface area contributed by atoms with Crippen molar-refractivity contribution in [3.8, 4) is 0 Å². The number of nitrogen functional groups attached to an aromatic ring is 1. The number of benzene rings is 1. The number of anilines is 2. The van der Waals surface area contributed by atoms with Gasteiger partial charge in [-0.1, -0.05) is 6.07 Å². The number of aromatic amines is 1. The second kappa shape index (κ2) is 4.53. The summed E-state index contributed by atoms with van der Waals surface area (Å²) in [5.41, 5.74) is 5.62. The molecule has 0 spiro atoms. The molecule has 1 aromatic carbocycles. The van der Waals surface area contributed by atoms with Crippen molar-refractivity contribution < 1.29 is 9.72 Å². The Balaban J connectivity index is 2.31. The molecule has 0 fully saturated rings. The molecule has 18 heavy (non-hydrogen) atoms. The Bertz CT molecular complexity index is 594. The standard InChI is InChI=1S/C10H9N5O3/c11-9-7(2-1-3-8(9)15(17)18)10(16)14-6-4-12-13-5-6/h1-5H,11H2,(H,12,13)(H,14,16). The van der Waals surface area contributed by atoms with Crippen LogP contribution in [0.3, 0.4) is 0 Å². The van der Waals surface area contributed by atoms with E-state index in [0.717, 1.165) is 0 Å². The molecule has 92 valence electrons. The van der Waals surface area contributed by atoms with Crippen LogP contribution in [0.1, 0.15) is 10.4 Å². The van der Waals surface area contributed by atoms with Crippen LogP contribution in [0.4, 0.5) is 17.1 Å². The van der Waals surface area contributed by atoms with E-state index in [1.54, 1.807) is 0 Å². The van der Waals surface area contributed by atoms with Gasteiger partial charge in [-0.3, -0.25) is 20.0 Å². The minimum absolute atomic E-state index is 0.0467. The summed E-state index contributed by atoms with van der Waals surface area (Å²) < 4.78 is 0. The van der Waals surface area contributed by atoms with Crippen molar-refractivity contribution in [2.24, 2.45) is 0 Å². The van der Waals surface area contributed by atoms with Gasteiger partial charge in [0.05, 0.1) is 22.4 Å². The number of nitrogens with two attached hydrogens (primary N) is 1. The smallest absolute Gasteiger partial charge is 0.292 e. The lowest BCUT2D eigenvalue weighted by atomic mass is 10.1. The molecule has 0 saturated heterocycles. The maximum atomic E-state index is 11.9. The van der Waals surface area contributed by atoms with Gasteiger partial charge in [-0.25, -0.2) is 0 Å². The van der Waals surface area contributed by atoms with Crippen molar-refractivity contribution in [2.75, 3.05) is 11.1 Å². The van der Waals surface area contributed by atoms with Crippen molar-refractivity contribution in [3.63, 3.8) is 0 Å². The van der Waals surface area contributed by atoms with Crippen molar-refractivity contribution in [2.45, 2.75) is 0 Å². The Morgan fingerprint density at radius 3 is 2.89 bits per heavy atom. The van der Waals surface area contributed by atoms with Crippen LogP contribution in [0.15, 0.2) is 30.6 Å². The molecule has 1 heterocycles. The molecule has 0 saturated carbocycles. The van der Waals surface area contributed by atoms with Crippen LogP contribution < -0.4 is 11.1 Å². The molecule has 0 unspecified atom stereocenters. The number of aromatic nitrogens is 2. The third-order valence-corrected chi connectivity index (χ3v) is 2.28. The summed E-state index contributed by atoms with van der Waals surface area (Å²) in [6.07, 6.45) is 2.89. The molecule has 0 radical (unpaired) electrons. The van der Waals surface area contributed by atoms with E-state index < -0.39 is 10.8 Å². The number of nitrogens with one attached hydrogen (secondary N) is 2. The van der Waals surface area contributed by atoms with Gasteiger partial charge in [0.1, 0.15) is 5.69 Å². The second-order valence-corrected chi connectivity index (χ2v) is 3.44. The number of hydrogen-bond donors (Lipinski definition) is 3. The van der Waals surface area contributed by atoms with E-state index in [1.807, 2.05) is 0 Å². The highest BCUT2D eigenvalue weighted by Gasteiger charge is 2.19. The molecule has 0 aliphatic rings. The lowest BCUT2D eigenvalue weighted by Crippen LogP contribution is -2.14. The van der Waals surface area contributed by atoms with Crippen LogP contribution in [-0.4, -0.2) is 21.0 Å².